The van der Waals surface area contributed by atoms with Gasteiger partial charge in [0.25, 0.3) is 5.91 Å². The summed E-state index contributed by atoms with van der Waals surface area (Å²) in [4.78, 5) is 31.6. The zero-order valence-electron chi connectivity index (χ0n) is 14.9. The van der Waals surface area contributed by atoms with E-state index in [0.29, 0.717) is 38.5 Å². The number of aromatic amines is 1. The van der Waals surface area contributed by atoms with Crippen LogP contribution in [0.2, 0.25) is 0 Å². The van der Waals surface area contributed by atoms with Crippen molar-refractivity contribution >= 4 is 22.8 Å². The standard InChI is InChI=1S/C19H25N3O3/c1-3-25-18(23)13-21-7-4-8-22(10-9-21)19(24)17-12-15-6-5-14(2)11-16(15)20-17/h5-6,11-12,20H,3-4,7-10,13H2,1-2H3. The number of rotatable bonds is 4. The molecule has 25 heavy (non-hydrogen) atoms. The third-order valence-corrected chi connectivity index (χ3v) is 4.54. The van der Waals surface area contributed by atoms with Crippen molar-refractivity contribution in [1.82, 2.24) is 14.8 Å². The fourth-order valence-electron chi connectivity index (χ4n) is 3.25. The van der Waals surface area contributed by atoms with Crippen LogP contribution in [-0.4, -0.2) is 66.0 Å². The van der Waals surface area contributed by atoms with E-state index in [-0.39, 0.29) is 11.9 Å². The summed E-state index contributed by atoms with van der Waals surface area (Å²) >= 11 is 0. The predicted molar refractivity (Wildman–Crippen MR) is 96.6 cm³/mol. The summed E-state index contributed by atoms with van der Waals surface area (Å²) in [6.07, 6.45) is 0.852. The summed E-state index contributed by atoms with van der Waals surface area (Å²) in [5.74, 6) is -0.180. The first-order valence-electron chi connectivity index (χ1n) is 8.83. The van der Waals surface area contributed by atoms with Crippen LogP contribution in [0.1, 0.15) is 29.4 Å². The molecule has 1 aromatic carbocycles. The van der Waals surface area contributed by atoms with Gasteiger partial charge in [0.2, 0.25) is 0 Å². The summed E-state index contributed by atoms with van der Waals surface area (Å²) < 4.78 is 5.01. The maximum absolute atomic E-state index is 12.8. The van der Waals surface area contributed by atoms with Crippen LogP contribution in [0.4, 0.5) is 0 Å². The maximum Gasteiger partial charge on any atom is 0.320 e. The smallest absolute Gasteiger partial charge is 0.320 e. The molecule has 2 heterocycles. The highest BCUT2D eigenvalue weighted by atomic mass is 16.5. The Morgan fingerprint density at radius 3 is 2.80 bits per heavy atom. The Kier molecular flexibility index (Phi) is 5.38. The van der Waals surface area contributed by atoms with E-state index >= 15 is 0 Å². The molecule has 1 saturated heterocycles. The zero-order valence-corrected chi connectivity index (χ0v) is 14.9. The van der Waals surface area contributed by atoms with E-state index in [1.54, 1.807) is 0 Å². The molecule has 0 bridgehead atoms. The lowest BCUT2D eigenvalue weighted by Crippen LogP contribution is -2.37. The first-order chi connectivity index (χ1) is 12.1. The summed E-state index contributed by atoms with van der Waals surface area (Å²) in [5.41, 5.74) is 2.78. The number of nitrogens with one attached hydrogen (secondary N) is 1. The molecule has 0 saturated carbocycles. The molecule has 1 aliphatic heterocycles. The average molecular weight is 343 g/mol. The Labute approximate surface area is 147 Å². The number of carbonyl (C=O) groups is 2. The number of aromatic nitrogens is 1. The van der Waals surface area contributed by atoms with Crippen LogP contribution in [0, 0.1) is 6.92 Å². The van der Waals surface area contributed by atoms with Gasteiger partial charge in [0, 0.05) is 37.1 Å². The molecular formula is C19H25N3O3. The van der Waals surface area contributed by atoms with Crippen molar-refractivity contribution in [2.75, 3.05) is 39.3 Å². The number of hydrogen-bond acceptors (Lipinski definition) is 4. The van der Waals surface area contributed by atoms with Crippen molar-refractivity contribution in [3.8, 4) is 0 Å². The number of hydrogen-bond donors (Lipinski definition) is 1. The summed E-state index contributed by atoms with van der Waals surface area (Å²) in [7, 11) is 0. The van der Waals surface area contributed by atoms with Gasteiger partial charge in [0.15, 0.2) is 0 Å². The first kappa shape index (κ1) is 17.5. The number of amides is 1. The highest BCUT2D eigenvalue weighted by Crippen LogP contribution is 2.18. The van der Waals surface area contributed by atoms with Crippen molar-refractivity contribution in [2.24, 2.45) is 0 Å². The van der Waals surface area contributed by atoms with Crippen LogP contribution in [-0.2, 0) is 9.53 Å². The summed E-state index contributed by atoms with van der Waals surface area (Å²) in [6, 6.07) is 8.04. The normalized spacial score (nSPS) is 16.0. The van der Waals surface area contributed by atoms with E-state index in [4.69, 9.17) is 4.74 Å². The Hall–Kier alpha value is -2.34. The third-order valence-electron chi connectivity index (χ3n) is 4.54. The highest BCUT2D eigenvalue weighted by Gasteiger charge is 2.22. The molecule has 0 atom stereocenters. The van der Waals surface area contributed by atoms with Gasteiger partial charge < -0.3 is 14.6 Å². The molecule has 134 valence electrons. The van der Waals surface area contributed by atoms with Gasteiger partial charge in [-0.15, -0.1) is 0 Å². The fraction of sp³-hybridized carbons (Fsp3) is 0.474. The Morgan fingerprint density at radius 1 is 1.16 bits per heavy atom. The summed E-state index contributed by atoms with van der Waals surface area (Å²) in [6.45, 7) is 7.34. The average Bonchev–Trinajstić information content (AvgIpc) is 2.86. The van der Waals surface area contributed by atoms with Crippen molar-refractivity contribution in [1.29, 1.82) is 0 Å². The first-order valence-corrected chi connectivity index (χ1v) is 8.83. The van der Waals surface area contributed by atoms with E-state index in [1.165, 1.54) is 0 Å². The quantitative estimate of drug-likeness (QED) is 0.864. The number of nitrogens with zero attached hydrogens (tertiary/aromatic N) is 2. The van der Waals surface area contributed by atoms with Crippen LogP contribution in [0.3, 0.4) is 0 Å². The minimum absolute atomic E-state index is 0.0202. The van der Waals surface area contributed by atoms with Gasteiger partial charge in [0.05, 0.1) is 13.2 Å². The molecule has 1 aromatic heterocycles. The van der Waals surface area contributed by atoms with Gasteiger partial charge in [-0.2, -0.15) is 0 Å². The van der Waals surface area contributed by atoms with Gasteiger partial charge >= 0.3 is 5.97 Å². The molecule has 1 N–H and O–H groups in total. The number of aryl methyl sites for hydroxylation is 1. The van der Waals surface area contributed by atoms with Gasteiger partial charge in [-0.25, -0.2) is 0 Å². The molecule has 0 aliphatic carbocycles. The van der Waals surface area contributed by atoms with Gasteiger partial charge in [-0.05, 0) is 38.0 Å². The number of fused-ring (bicyclic) bond motifs is 1. The minimum Gasteiger partial charge on any atom is -0.465 e. The van der Waals surface area contributed by atoms with Crippen LogP contribution in [0.5, 0.6) is 0 Å². The molecule has 0 unspecified atom stereocenters. The molecule has 1 aliphatic rings. The topological polar surface area (TPSA) is 65.6 Å². The maximum atomic E-state index is 12.8. The Balaban J connectivity index is 1.65. The van der Waals surface area contributed by atoms with Crippen LogP contribution in [0.25, 0.3) is 10.9 Å². The lowest BCUT2D eigenvalue weighted by Gasteiger charge is -2.21. The monoisotopic (exact) mass is 343 g/mol. The van der Waals surface area contributed by atoms with E-state index < -0.39 is 0 Å². The van der Waals surface area contributed by atoms with Gasteiger partial charge in [0.1, 0.15) is 5.69 Å². The van der Waals surface area contributed by atoms with Crippen LogP contribution < -0.4 is 0 Å². The van der Waals surface area contributed by atoms with Crippen molar-refractivity contribution in [2.45, 2.75) is 20.3 Å². The van der Waals surface area contributed by atoms with Gasteiger partial charge in [-0.1, -0.05) is 12.1 Å². The van der Waals surface area contributed by atoms with Crippen molar-refractivity contribution in [3.63, 3.8) is 0 Å². The second-order valence-electron chi connectivity index (χ2n) is 6.50. The van der Waals surface area contributed by atoms with Crippen LogP contribution >= 0.6 is 0 Å². The molecule has 1 amide bonds. The molecule has 6 nitrogen and oxygen atoms in total. The van der Waals surface area contributed by atoms with Crippen molar-refractivity contribution in [3.05, 3.63) is 35.5 Å². The predicted octanol–water partition coefficient (Wildman–Crippen LogP) is 2.19. The molecule has 3 rings (SSSR count). The van der Waals surface area contributed by atoms with E-state index in [0.717, 1.165) is 29.4 Å². The molecule has 0 radical (unpaired) electrons. The summed E-state index contributed by atoms with van der Waals surface area (Å²) in [5, 5.41) is 1.05. The minimum atomic E-state index is -0.201. The molecule has 6 heteroatoms. The zero-order chi connectivity index (χ0) is 17.8. The van der Waals surface area contributed by atoms with Crippen molar-refractivity contribution < 1.29 is 14.3 Å². The lowest BCUT2D eigenvalue weighted by atomic mass is 10.2. The number of carbonyl (C=O) groups excluding carboxylic acids is 2. The SMILES string of the molecule is CCOC(=O)CN1CCCN(C(=O)c2cc3ccc(C)cc3[nH]2)CC1. The third kappa shape index (κ3) is 4.20. The van der Waals surface area contributed by atoms with Crippen LogP contribution in [0.15, 0.2) is 24.3 Å². The van der Waals surface area contributed by atoms with E-state index in [2.05, 4.69) is 16.0 Å². The second kappa shape index (κ2) is 7.70. The molecular weight excluding hydrogens is 318 g/mol. The Bertz CT molecular complexity index is 768. The Morgan fingerprint density at radius 2 is 2.00 bits per heavy atom. The molecule has 1 fully saturated rings. The van der Waals surface area contributed by atoms with Gasteiger partial charge in [-0.3, -0.25) is 14.5 Å². The number of ether oxygens (including phenoxy) is 1. The van der Waals surface area contributed by atoms with E-state index in [1.807, 2.05) is 36.9 Å². The lowest BCUT2D eigenvalue weighted by molar-refractivity contribution is -0.144. The molecule has 0 spiro atoms. The number of esters is 1. The second-order valence-corrected chi connectivity index (χ2v) is 6.50. The van der Waals surface area contributed by atoms with E-state index in [9.17, 15) is 9.59 Å². The number of benzene rings is 1. The highest BCUT2D eigenvalue weighted by molar-refractivity contribution is 5.98. The number of H-pyrrole nitrogens is 1. The fourth-order valence-corrected chi connectivity index (χ4v) is 3.25. The largest absolute Gasteiger partial charge is 0.465 e. The molecule has 2 aromatic rings.